The lowest BCUT2D eigenvalue weighted by Crippen LogP contribution is -2.14. The summed E-state index contributed by atoms with van der Waals surface area (Å²) in [5.41, 5.74) is 11.5. The Morgan fingerprint density at radius 2 is 1.44 bits per heavy atom. The minimum absolute atomic E-state index is 0.0132. The number of rotatable bonds is 2. The molecule has 4 heteroatoms. The third-order valence-corrected chi connectivity index (χ3v) is 9.29. The fourth-order valence-electron chi connectivity index (χ4n) is 7.20. The second-order valence-corrected chi connectivity index (χ2v) is 12.0. The predicted octanol–water partition coefficient (Wildman–Crippen LogP) is 9.41. The zero-order valence-electron chi connectivity index (χ0n) is 23.8. The summed E-state index contributed by atoms with van der Waals surface area (Å²) < 4.78 is 8.69. The third-order valence-electron chi connectivity index (χ3n) is 9.29. The summed E-state index contributed by atoms with van der Waals surface area (Å²) in [6.07, 6.45) is 3.82. The van der Waals surface area contributed by atoms with Crippen molar-refractivity contribution in [2.24, 2.45) is 0 Å². The van der Waals surface area contributed by atoms with Crippen LogP contribution in [-0.4, -0.2) is 9.55 Å². The van der Waals surface area contributed by atoms with Crippen molar-refractivity contribution in [2.45, 2.75) is 19.3 Å². The van der Waals surface area contributed by atoms with Gasteiger partial charge in [0.25, 0.3) is 0 Å². The van der Waals surface area contributed by atoms with Gasteiger partial charge in [0, 0.05) is 33.6 Å². The molecule has 9 rings (SSSR count). The molecule has 0 radical (unpaired) electrons. The highest BCUT2D eigenvalue weighted by atomic mass is 16.3. The highest BCUT2D eigenvalue weighted by Crippen LogP contribution is 2.51. The molecule has 0 N–H and O–H groups in total. The van der Waals surface area contributed by atoms with Gasteiger partial charge in [-0.2, -0.15) is 0 Å². The van der Waals surface area contributed by atoms with Crippen molar-refractivity contribution in [1.82, 2.24) is 9.55 Å². The molecule has 0 atom stereocenters. The Morgan fingerprint density at radius 3 is 2.37 bits per heavy atom. The second-order valence-electron chi connectivity index (χ2n) is 12.0. The molecule has 43 heavy (non-hydrogen) atoms. The number of benzene rings is 5. The van der Waals surface area contributed by atoms with Crippen LogP contribution in [0.25, 0.3) is 71.7 Å². The van der Waals surface area contributed by atoms with Crippen molar-refractivity contribution in [2.75, 3.05) is 0 Å². The molecule has 3 aromatic heterocycles. The predicted molar refractivity (Wildman–Crippen MR) is 175 cm³/mol. The second kappa shape index (κ2) is 8.52. The SMILES string of the molecule is CC1(C)c2ccccc2-c2cc3c4ccncc4n(-c4cccc(-c5cccc6c(=O)c7ccccc7oc56)c4)c3cc21. The Hall–Kier alpha value is -5.48. The topological polar surface area (TPSA) is 48.0 Å². The lowest BCUT2D eigenvalue weighted by atomic mass is 9.82. The fraction of sp³-hybridized carbons (Fsp3) is 0.0769. The van der Waals surface area contributed by atoms with Gasteiger partial charge in [-0.1, -0.05) is 74.5 Å². The molecule has 5 aromatic carbocycles. The first-order chi connectivity index (χ1) is 21.0. The van der Waals surface area contributed by atoms with Gasteiger partial charge in [0.1, 0.15) is 11.2 Å². The summed E-state index contributed by atoms with van der Waals surface area (Å²) >= 11 is 0. The molecule has 0 amide bonds. The molecule has 0 saturated heterocycles. The van der Waals surface area contributed by atoms with Crippen LogP contribution >= 0.6 is 0 Å². The molecule has 3 heterocycles. The van der Waals surface area contributed by atoms with Crippen LogP contribution < -0.4 is 5.43 Å². The first kappa shape index (κ1) is 24.2. The average molecular weight is 555 g/mol. The molecule has 1 aliphatic rings. The third kappa shape index (κ3) is 3.26. The van der Waals surface area contributed by atoms with Crippen LogP contribution in [0.15, 0.2) is 131 Å². The standard InChI is InChI=1S/C39H26N2O2/c1-39(2)32-15-5-3-11-26(32)30-20-31-27-17-18-40-22-35(27)41(34(31)21-33(30)39)24-10-7-9-23(19-24)25-13-8-14-29-37(42)28-12-4-6-16-36(28)43-38(25)29/h3-22H,1-2H3. The van der Waals surface area contributed by atoms with Crippen molar-refractivity contribution in [1.29, 1.82) is 0 Å². The lowest BCUT2D eigenvalue weighted by Gasteiger charge is -2.21. The summed E-state index contributed by atoms with van der Waals surface area (Å²) in [6.45, 7) is 4.63. The molecule has 0 unspecified atom stereocenters. The number of fused-ring (bicyclic) bond motifs is 8. The van der Waals surface area contributed by atoms with E-state index in [1.165, 1.54) is 33.0 Å². The zero-order chi connectivity index (χ0) is 28.9. The summed E-state index contributed by atoms with van der Waals surface area (Å²) in [5, 5.41) is 3.55. The minimum atomic E-state index is -0.106. The molecule has 204 valence electrons. The van der Waals surface area contributed by atoms with Crippen molar-refractivity contribution >= 4 is 43.7 Å². The van der Waals surface area contributed by atoms with Gasteiger partial charge >= 0.3 is 0 Å². The van der Waals surface area contributed by atoms with E-state index in [2.05, 4.69) is 90.1 Å². The van der Waals surface area contributed by atoms with Crippen LogP contribution in [0.3, 0.4) is 0 Å². The largest absolute Gasteiger partial charge is 0.455 e. The zero-order valence-corrected chi connectivity index (χ0v) is 23.8. The number of pyridine rings is 1. The Balaban J connectivity index is 1.31. The van der Waals surface area contributed by atoms with E-state index < -0.39 is 0 Å². The van der Waals surface area contributed by atoms with Crippen LogP contribution in [0.4, 0.5) is 0 Å². The molecular formula is C39H26N2O2. The molecule has 0 fully saturated rings. The quantitative estimate of drug-likeness (QED) is 0.200. The molecular weight excluding hydrogens is 528 g/mol. The van der Waals surface area contributed by atoms with Gasteiger partial charge in [-0.15, -0.1) is 0 Å². The number of hydrogen-bond acceptors (Lipinski definition) is 3. The normalized spacial score (nSPS) is 13.6. The van der Waals surface area contributed by atoms with E-state index in [0.29, 0.717) is 21.9 Å². The van der Waals surface area contributed by atoms with Crippen LogP contribution in [0.1, 0.15) is 25.0 Å². The van der Waals surface area contributed by atoms with E-state index in [-0.39, 0.29) is 10.8 Å². The number of para-hydroxylation sites is 2. The van der Waals surface area contributed by atoms with Crippen molar-refractivity contribution in [3.63, 3.8) is 0 Å². The van der Waals surface area contributed by atoms with E-state index in [4.69, 9.17) is 4.42 Å². The van der Waals surface area contributed by atoms with Crippen LogP contribution in [0, 0.1) is 0 Å². The van der Waals surface area contributed by atoms with Gasteiger partial charge in [0.05, 0.1) is 28.0 Å². The summed E-state index contributed by atoms with van der Waals surface area (Å²) in [7, 11) is 0. The first-order valence-corrected chi connectivity index (χ1v) is 14.6. The van der Waals surface area contributed by atoms with E-state index >= 15 is 0 Å². The smallest absolute Gasteiger partial charge is 0.200 e. The Morgan fingerprint density at radius 1 is 0.651 bits per heavy atom. The summed E-state index contributed by atoms with van der Waals surface area (Å²) in [4.78, 5) is 17.9. The number of nitrogens with zero attached hydrogens (tertiary/aromatic N) is 2. The van der Waals surface area contributed by atoms with Gasteiger partial charge < -0.3 is 8.98 Å². The maximum absolute atomic E-state index is 13.4. The highest BCUT2D eigenvalue weighted by molar-refractivity contribution is 6.11. The Bertz CT molecular complexity index is 2510. The molecule has 0 spiro atoms. The molecule has 1 aliphatic carbocycles. The molecule has 0 bridgehead atoms. The van der Waals surface area contributed by atoms with Gasteiger partial charge in [0.15, 0.2) is 0 Å². The molecule has 8 aromatic rings. The van der Waals surface area contributed by atoms with Gasteiger partial charge in [-0.05, 0) is 76.3 Å². The van der Waals surface area contributed by atoms with Crippen molar-refractivity contribution < 1.29 is 4.42 Å². The molecule has 4 nitrogen and oxygen atoms in total. The Labute approximate surface area is 247 Å². The van der Waals surface area contributed by atoms with E-state index in [1.807, 2.05) is 54.9 Å². The lowest BCUT2D eigenvalue weighted by molar-refractivity contribution is 0.660. The highest BCUT2D eigenvalue weighted by Gasteiger charge is 2.36. The van der Waals surface area contributed by atoms with Crippen LogP contribution in [-0.2, 0) is 5.41 Å². The monoisotopic (exact) mass is 554 g/mol. The first-order valence-electron chi connectivity index (χ1n) is 14.6. The van der Waals surface area contributed by atoms with Gasteiger partial charge in [-0.3, -0.25) is 9.78 Å². The van der Waals surface area contributed by atoms with Crippen molar-refractivity contribution in [3.8, 4) is 27.9 Å². The maximum atomic E-state index is 13.4. The van der Waals surface area contributed by atoms with Gasteiger partial charge in [-0.25, -0.2) is 0 Å². The van der Waals surface area contributed by atoms with E-state index in [1.54, 1.807) is 0 Å². The molecule has 0 saturated carbocycles. The minimum Gasteiger partial charge on any atom is -0.455 e. The Kier molecular flexibility index (Phi) is 4.79. The van der Waals surface area contributed by atoms with Crippen LogP contribution in [0.5, 0.6) is 0 Å². The van der Waals surface area contributed by atoms with Crippen LogP contribution in [0.2, 0.25) is 0 Å². The van der Waals surface area contributed by atoms with E-state index in [9.17, 15) is 4.79 Å². The number of hydrogen-bond donors (Lipinski definition) is 0. The summed E-state index contributed by atoms with van der Waals surface area (Å²) in [6, 6.07) is 37.3. The number of aromatic nitrogens is 2. The fourth-order valence-corrected chi connectivity index (χ4v) is 7.20. The molecule has 0 aliphatic heterocycles. The van der Waals surface area contributed by atoms with E-state index in [0.717, 1.165) is 27.8 Å². The average Bonchev–Trinajstić information content (AvgIpc) is 3.48. The maximum Gasteiger partial charge on any atom is 0.200 e. The van der Waals surface area contributed by atoms with Crippen molar-refractivity contribution in [3.05, 3.63) is 143 Å². The van der Waals surface area contributed by atoms with Gasteiger partial charge in [0.2, 0.25) is 5.43 Å². The summed E-state index contributed by atoms with van der Waals surface area (Å²) in [5.74, 6) is 0.